The van der Waals surface area contributed by atoms with Gasteiger partial charge in [-0.2, -0.15) is 14.6 Å². The first kappa shape index (κ1) is 12.2. The van der Waals surface area contributed by atoms with Crippen molar-refractivity contribution < 1.29 is 13.5 Å². The van der Waals surface area contributed by atoms with Crippen molar-refractivity contribution in [3.63, 3.8) is 0 Å². The summed E-state index contributed by atoms with van der Waals surface area (Å²) in [5.41, 5.74) is 0.126. The van der Waals surface area contributed by atoms with Crippen LogP contribution in [0.15, 0.2) is 24.4 Å². The Balaban J connectivity index is 2.34. The smallest absolute Gasteiger partial charge is 0.260 e. The minimum Gasteiger partial charge on any atom is -0.433 e. The number of hydrogen-bond acceptors (Lipinski definition) is 4. The molecule has 0 amide bonds. The molecule has 90 valence electrons. The van der Waals surface area contributed by atoms with Crippen molar-refractivity contribution in [2.24, 2.45) is 0 Å². The number of aromatic nitrogens is 2. The Hall–Kier alpha value is -2.26. The molecule has 4 nitrogen and oxygen atoms in total. The predicted molar refractivity (Wildman–Crippen MR) is 58.2 cm³/mol. The number of halogens is 3. The summed E-state index contributed by atoms with van der Waals surface area (Å²) in [6, 6.07) is 5.26. The first-order chi connectivity index (χ1) is 8.60. The van der Waals surface area contributed by atoms with E-state index < -0.39 is 17.5 Å². The van der Waals surface area contributed by atoms with Gasteiger partial charge in [-0.3, -0.25) is 0 Å². The molecule has 1 aromatic carbocycles. The topological polar surface area (TPSA) is 58.8 Å². The second kappa shape index (κ2) is 4.94. The number of nitrogens with zero attached hydrogens (tertiary/aromatic N) is 3. The number of benzene rings is 1. The minimum absolute atomic E-state index is 0.126. The first-order valence-electron chi connectivity index (χ1n) is 4.65. The van der Waals surface area contributed by atoms with Crippen LogP contribution in [0.2, 0.25) is 5.28 Å². The number of nitriles is 1. The Morgan fingerprint density at radius 2 is 2.06 bits per heavy atom. The highest BCUT2D eigenvalue weighted by molar-refractivity contribution is 6.28. The van der Waals surface area contributed by atoms with Crippen molar-refractivity contribution >= 4 is 11.6 Å². The van der Waals surface area contributed by atoms with Crippen LogP contribution in [0.5, 0.6) is 11.6 Å². The molecule has 0 radical (unpaired) electrons. The lowest BCUT2D eigenvalue weighted by atomic mass is 10.2. The highest BCUT2D eigenvalue weighted by Gasteiger charge is 2.12. The average Bonchev–Trinajstić information content (AvgIpc) is 2.36. The van der Waals surface area contributed by atoms with Gasteiger partial charge in [0, 0.05) is 0 Å². The van der Waals surface area contributed by atoms with Crippen LogP contribution in [0.1, 0.15) is 5.56 Å². The highest BCUT2D eigenvalue weighted by atomic mass is 35.5. The van der Waals surface area contributed by atoms with Crippen molar-refractivity contribution in [2.75, 3.05) is 0 Å². The largest absolute Gasteiger partial charge is 0.433 e. The number of rotatable bonds is 2. The molecule has 0 aliphatic heterocycles. The molecule has 0 aliphatic rings. The van der Waals surface area contributed by atoms with Gasteiger partial charge in [0.05, 0.1) is 17.8 Å². The highest BCUT2D eigenvalue weighted by Crippen LogP contribution is 2.25. The fourth-order valence-electron chi connectivity index (χ4n) is 1.16. The summed E-state index contributed by atoms with van der Waals surface area (Å²) < 4.78 is 31.7. The Labute approximate surface area is 105 Å². The van der Waals surface area contributed by atoms with E-state index in [0.717, 1.165) is 12.3 Å². The Kier molecular flexibility index (Phi) is 3.35. The fraction of sp³-hybridized carbons (Fsp3) is 0. The molecule has 1 aromatic heterocycles. The molecule has 0 N–H and O–H groups in total. The summed E-state index contributed by atoms with van der Waals surface area (Å²) in [4.78, 5) is 6.87. The third kappa shape index (κ3) is 2.52. The second-order valence-electron chi connectivity index (χ2n) is 3.15. The number of hydrogen-bond donors (Lipinski definition) is 0. The zero-order chi connectivity index (χ0) is 13.1. The summed E-state index contributed by atoms with van der Waals surface area (Å²) in [6.45, 7) is 0. The van der Waals surface area contributed by atoms with Crippen molar-refractivity contribution in [1.29, 1.82) is 5.26 Å². The zero-order valence-electron chi connectivity index (χ0n) is 8.69. The molecule has 0 atom stereocenters. The van der Waals surface area contributed by atoms with Gasteiger partial charge in [0.1, 0.15) is 0 Å². The van der Waals surface area contributed by atoms with Crippen LogP contribution in [0.3, 0.4) is 0 Å². The third-order valence-corrected chi connectivity index (χ3v) is 2.13. The Morgan fingerprint density at radius 1 is 1.28 bits per heavy atom. The zero-order valence-corrected chi connectivity index (χ0v) is 9.45. The van der Waals surface area contributed by atoms with E-state index in [1.807, 2.05) is 0 Å². The second-order valence-corrected chi connectivity index (χ2v) is 3.49. The Morgan fingerprint density at radius 3 is 2.72 bits per heavy atom. The van der Waals surface area contributed by atoms with E-state index in [0.29, 0.717) is 0 Å². The van der Waals surface area contributed by atoms with E-state index >= 15 is 0 Å². The van der Waals surface area contributed by atoms with Crippen LogP contribution >= 0.6 is 11.6 Å². The van der Waals surface area contributed by atoms with Crippen LogP contribution < -0.4 is 4.74 Å². The summed E-state index contributed by atoms with van der Waals surface area (Å²) >= 11 is 5.46. The van der Waals surface area contributed by atoms with Crippen LogP contribution in [0.25, 0.3) is 0 Å². The normalized spacial score (nSPS) is 9.89. The fourth-order valence-corrected chi connectivity index (χ4v) is 1.29. The lowest BCUT2D eigenvalue weighted by Crippen LogP contribution is -1.96. The third-order valence-electron chi connectivity index (χ3n) is 1.95. The summed E-state index contributed by atoms with van der Waals surface area (Å²) in [5, 5.41) is 8.35. The maximum atomic E-state index is 13.5. The van der Waals surface area contributed by atoms with Gasteiger partial charge in [0.2, 0.25) is 11.1 Å². The van der Waals surface area contributed by atoms with Gasteiger partial charge in [-0.15, -0.1) is 0 Å². The molecule has 2 rings (SSSR count). The van der Waals surface area contributed by atoms with Crippen molar-refractivity contribution in [3.8, 4) is 17.7 Å². The quantitative estimate of drug-likeness (QED) is 0.785. The van der Waals surface area contributed by atoms with E-state index in [1.54, 1.807) is 6.07 Å². The standard InChI is InChI=1S/C11H4ClF2N3O/c12-11-16-5-8(14)10(17-11)18-9-2-1-6(4-15)3-7(9)13/h1-3,5H. The maximum absolute atomic E-state index is 13.5. The van der Waals surface area contributed by atoms with Crippen LogP contribution in [-0.4, -0.2) is 9.97 Å². The molecule has 0 fully saturated rings. The van der Waals surface area contributed by atoms with Gasteiger partial charge in [0.25, 0.3) is 5.88 Å². The van der Waals surface area contributed by atoms with Gasteiger partial charge in [-0.25, -0.2) is 9.37 Å². The Bertz CT molecular complexity index is 643. The van der Waals surface area contributed by atoms with Crippen LogP contribution in [0.4, 0.5) is 8.78 Å². The monoisotopic (exact) mass is 267 g/mol. The summed E-state index contributed by atoms with van der Waals surface area (Å²) in [5.74, 6) is -2.42. The molecular formula is C11H4ClF2N3O. The summed E-state index contributed by atoms with van der Waals surface area (Å²) in [7, 11) is 0. The molecule has 0 unspecified atom stereocenters. The maximum Gasteiger partial charge on any atom is 0.260 e. The van der Waals surface area contributed by atoms with E-state index in [9.17, 15) is 8.78 Å². The molecule has 18 heavy (non-hydrogen) atoms. The SMILES string of the molecule is N#Cc1ccc(Oc2nc(Cl)ncc2F)c(F)c1. The number of ether oxygens (including phenoxy) is 1. The molecule has 0 bridgehead atoms. The summed E-state index contributed by atoms with van der Waals surface area (Å²) in [6.07, 6.45) is 0.812. The van der Waals surface area contributed by atoms with Crippen molar-refractivity contribution in [1.82, 2.24) is 9.97 Å². The molecule has 0 saturated heterocycles. The molecular weight excluding hydrogens is 264 g/mol. The predicted octanol–water partition coefficient (Wildman–Crippen LogP) is 3.07. The van der Waals surface area contributed by atoms with Gasteiger partial charge < -0.3 is 4.74 Å². The lowest BCUT2D eigenvalue weighted by molar-refractivity contribution is 0.396. The van der Waals surface area contributed by atoms with Gasteiger partial charge in [0.15, 0.2) is 11.6 Å². The van der Waals surface area contributed by atoms with E-state index in [2.05, 4.69) is 9.97 Å². The minimum atomic E-state index is -0.872. The molecule has 7 heteroatoms. The molecule has 2 aromatic rings. The first-order valence-corrected chi connectivity index (χ1v) is 5.03. The van der Waals surface area contributed by atoms with E-state index in [-0.39, 0.29) is 16.6 Å². The molecule has 0 aliphatic carbocycles. The molecule has 0 saturated carbocycles. The molecule has 0 spiro atoms. The van der Waals surface area contributed by atoms with Gasteiger partial charge in [-0.05, 0) is 29.8 Å². The van der Waals surface area contributed by atoms with E-state index in [1.165, 1.54) is 12.1 Å². The molecule has 1 heterocycles. The van der Waals surface area contributed by atoms with Crippen molar-refractivity contribution in [3.05, 3.63) is 46.9 Å². The lowest BCUT2D eigenvalue weighted by Gasteiger charge is -2.06. The van der Waals surface area contributed by atoms with E-state index in [4.69, 9.17) is 21.6 Å². The van der Waals surface area contributed by atoms with Gasteiger partial charge >= 0.3 is 0 Å². The average molecular weight is 268 g/mol. The van der Waals surface area contributed by atoms with Crippen LogP contribution in [0, 0.1) is 23.0 Å². The van der Waals surface area contributed by atoms with Crippen molar-refractivity contribution in [2.45, 2.75) is 0 Å². The van der Waals surface area contributed by atoms with Gasteiger partial charge in [-0.1, -0.05) is 0 Å². The van der Waals surface area contributed by atoms with Crippen LogP contribution in [-0.2, 0) is 0 Å².